The number of anilines is 1. The Morgan fingerprint density at radius 2 is 2.00 bits per heavy atom. The largest absolute Gasteiger partial charge is 0.508 e. The lowest BCUT2D eigenvalue weighted by Crippen LogP contribution is -2.44. The van der Waals surface area contributed by atoms with Crippen molar-refractivity contribution in [1.29, 1.82) is 0 Å². The molecule has 0 bridgehead atoms. The van der Waals surface area contributed by atoms with E-state index in [1.807, 2.05) is 32.9 Å². The third kappa shape index (κ3) is 4.85. The molecule has 0 aromatic heterocycles. The zero-order valence-electron chi connectivity index (χ0n) is 12.9. The van der Waals surface area contributed by atoms with Gasteiger partial charge in [-0.25, -0.2) is 4.79 Å². The summed E-state index contributed by atoms with van der Waals surface area (Å²) in [5.41, 5.74) is 0.457. The lowest BCUT2D eigenvalue weighted by molar-refractivity contribution is 0.0210. The van der Waals surface area contributed by atoms with Crippen LogP contribution in [0.15, 0.2) is 24.3 Å². The van der Waals surface area contributed by atoms with Gasteiger partial charge in [-0.05, 0) is 45.7 Å². The zero-order chi connectivity index (χ0) is 15.5. The molecule has 0 saturated carbocycles. The van der Waals surface area contributed by atoms with Gasteiger partial charge < -0.3 is 20.1 Å². The third-order valence-corrected chi connectivity index (χ3v) is 3.36. The Hall–Kier alpha value is -1.91. The Morgan fingerprint density at radius 1 is 1.33 bits per heavy atom. The van der Waals surface area contributed by atoms with Gasteiger partial charge in [-0.2, -0.15) is 0 Å². The van der Waals surface area contributed by atoms with Gasteiger partial charge in [0.2, 0.25) is 0 Å². The minimum atomic E-state index is -0.451. The summed E-state index contributed by atoms with van der Waals surface area (Å²) in [6, 6.07) is 7.41. The van der Waals surface area contributed by atoms with Crippen LogP contribution in [0, 0.1) is 0 Å². The molecule has 2 N–H and O–H groups in total. The second-order valence-electron chi connectivity index (χ2n) is 6.44. The molecule has 1 aliphatic heterocycles. The highest BCUT2D eigenvalue weighted by Gasteiger charge is 2.26. The molecule has 1 aliphatic rings. The third-order valence-electron chi connectivity index (χ3n) is 3.36. The van der Waals surface area contributed by atoms with Crippen molar-refractivity contribution in [2.45, 2.75) is 45.3 Å². The summed E-state index contributed by atoms with van der Waals surface area (Å²) < 4.78 is 5.38. The number of amides is 1. The van der Waals surface area contributed by atoms with Crippen molar-refractivity contribution in [1.82, 2.24) is 4.90 Å². The van der Waals surface area contributed by atoms with Crippen LogP contribution in [0.25, 0.3) is 0 Å². The molecule has 1 fully saturated rings. The number of hydrogen-bond donors (Lipinski definition) is 2. The highest BCUT2D eigenvalue weighted by atomic mass is 16.6. The van der Waals surface area contributed by atoms with Crippen molar-refractivity contribution in [2.75, 3.05) is 18.4 Å². The molecular formula is C16H24N2O3. The van der Waals surface area contributed by atoms with E-state index in [9.17, 15) is 9.90 Å². The number of phenolic OH excluding ortho intramolecular Hbond substituents is 1. The minimum absolute atomic E-state index is 0.238. The normalized spacial score (nSPS) is 16.6. The van der Waals surface area contributed by atoms with Gasteiger partial charge in [0, 0.05) is 30.9 Å². The standard InChI is InChI=1S/C16H24N2O3/c1-16(2,3)21-15(20)18-9-7-12(8-10-18)17-13-5-4-6-14(19)11-13/h4-6,11-12,17,19H,7-10H2,1-3H3. The summed E-state index contributed by atoms with van der Waals surface area (Å²) >= 11 is 0. The van der Waals surface area contributed by atoms with Crippen molar-refractivity contribution in [3.63, 3.8) is 0 Å². The summed E-state index contributed by atoms with van der Waals surface area (Å²) in [5.74, 6) is 0.256. The minimum Gasteiger partial charge on any atom is -0.508 e. The summed E-state index contributed by atoms with van der Waals surface area (Å²) in [6.07, 6.45) is 1.50. The van der Waals surface area contributed by atoms with E-state index in [2.05, 4.69) is 5.32 Å². The molecular weight excluding hydrogens is 268 g/mol. The number of benzene rings is 1. The van der Waals surface area contributed by atoms with E-state index in [1.54, 1.807) is 17.0 Å². The van der Waals surface area contributed by atoms with E-state index in [0.717, 1.165) is 18.5 Å². The molecule has 1 heterocycles. The second-order valence-corrected chi connectivity index (χ2v) is 6.44. The Morgan fingerprint density at radius 3 is 2.57 bits per heavy atom. The van der Waals surface area contributed by atoms with E-state index in [4.69, 9.17) is 4.74 Å². The van der Waals surface area contributed by atoms with E-state index < -0.39 is 5.60 Å². The number of carbonyl (C=O) groups is 1. The average molecular weight is 292 g/mol. The maximum atomic E-state index is 12.0. The van der Waals surface area contributed by atoms with Gasteiger partial charge >= 0.3 is 6.09 Å². The number of carbonyl (C=O) groups excluding carboxylic acids is 1. The fourth-order valence-electron chi connectivity index (χ4n) is 2.36. The fraction of sp³-hybridized carbons (Fsp3) is 0.562. The van der Waals surface area contributed by atoms with Crippen LogP contribution in [0.1, 0.15) is 33.6 Å². The van der Waals surface area contributed by atoms with Crippen LogP contribution in [-0.2, 0) is 4.74 Å². The lowest BCUT2D eigenvalue weighted by Gasteiger charge is -2.34. The predicted octanol–water partition coefficient (Wildman–Crippen LogP) is 3.20. The molecule has 21 heavy (non-hydrogen) atoms. The van der Waals surface area contributed by atoms with Crippen molar-refractivity contribution >= 4 is 11.8 Å². The quantitative estimate of drug-likeness (QED) is 0.878. The van der Waals surface area contributed by atoms with Gasteiger partial charge in [-0.3, -0.25) is 0 Å². The van der Waals surface area contributed by atoms with Gasteiger partial charge in [0.05, 0.1) is 0 Å². The number of likely N-dealkylation sites (tertiary alicyclic amines) is 1. The molecule has 1 amide bonds. The van der Waals surface area contributed by atoms with Crippen molar-refractivity contribution < 1.29 is 14.6 Å². The smallest absolute Gasteiger partial charge is 0.410 e. The van der Waals surface area contributed by atoms with Gasteiger partial charge in [0.25, 0.3) is 0 Å². The van der Waals surface area contributed by atoms with E-state index >= 15 is 0 Å². The van der Waals surface area contributed by atoms with Crippen LogP contribution in [0.2, 0.25) is 0 Å². The van der Waals surface area contributed by atoms with Gasteiger partial charge in [0.15, 0.2) is 0 Å². The molecule has 5 nitrogen and oxygen atoms in total. The number of nitrogens with zero attached hydrogens (tertiary/aromatic N) is 1. The first-order valence-electron chi connectivity index (χ1n) is 7.37. The van der Waals surface area contributed by atoms with Crippen molar-refractivity contribution in [2.24, 2.45) is 0 Å². The van der Waals surface area contributed by atoms with Gasteiger partial charge in [-0.15, -0.1) is 0 Å². The number of ether oxygens (including phenoxy) is 1. The second kappa shape index (κ2) is 6.24. The van der Waals surface area contributed by atoms with Crippen LogP contribution < -0.4 is 5.32 Å². The van der Waals surface area contributed by atoms with Crippen LogP contribution in [0.5, 0.6) is 5.75 Å². The van der Waals surface area contributed by atoms with Crippen molar-refractivity contribution in [3.8, 4) is 5.75 Å². The van der Waals surface area contributed by atoms with Crippen LogP contribution in [0.3, 0.4) is 0 Å². The molecule has 1 aromatic rings. The maximum absolute atomic E-state index is 12.0. The monoisotopic (exact) mass is 292 g/mol. The Labute approximate surface area is 125 Å². The number of piperidine rings is 1. The average Bonchev–Trinajstić information content (AvgIpc) is 2.37. The zero-order valence-corrected chi connectivity index (χ0v) is 12.9. The molecule has 5 heteroatoms. The maximum Gasteiger partial charge on any atom is 0.410 e. The molecule has 0 unspecified atom stereocenters. The molecule has 0 aliphatic carbocycles. The predicted molar refractivity (Wildman–Crippen MR) is 82.6 cm³/mol. The highest BCUT2D eigenvalue weighted by molar-refractivity contribution is 5.68. The van der Waals surface area contributed by atoms with Crippen LogP contribution in [0.4, 0.5) is 10.5 Å². The van der Waals surface area contributed by atoms with Crippen molar-refractivity contribution in [3.05, 3.63) is 24.3 Å². The summed E-state index contributed by atoms with van der Waals surface area (Å²) in [6.45, 7) is 7.00. The lowest BCUT2D eigenvalue weighted by atomic mass is 10.0. The highest BCUT2D eigenvalue weighted by Crippen LogP contribution is 2.21. The number of phenols is 1. The SMILES string of the molecule is CC(C)(C)OC(=O)N1CCC(Nc2cccc(O)c2)CC1. The molecule has 0 radical (unpaired) electrons. The Kier molecular flexibility index (Phi) is 4.60. The first-order chi connectivity index (χ1) is 9.83. The molecule has 1 aromatic carbocycles. The summed E-state index contributed by atoms with van der Waals surface area (Å²) in [5, 5.41) is 12.8. The van der Waals surface area contributed by atoms with E-state index in [-0.39, 0.29) is 11.8 Å². The molecule has 116 valence electrons. The Balaban J connectivity index is 1.82. The van der Waals surface area contributed by atoms with Gasteiger partial charge in [-0.1, -0.05) is 6.07 Å². The summed E-state index contributed by atoms with van der Waals surface area (Å²) in [4.78, 5) is 13.7. The Bertz CT molecular complexity index is 489. The number of rotatable bonds is 2. The van der Waals surface area contributed by atoms with E-state index in [0.29, 0.717) is 19.1 Å². The van der Waals surface area contributed by atoms with Crippen LogP contribution in [-0.4, -0.2) is 40.8 Å². The number of hydrogen-bond acceptors (Lipinski definition) is 4. The summed E-state index contributed by atoms with van der Waals surface area (Å²) in [7, 11) is 0. The number of aromatic hydroxyl groups is 1. The first kappa shape index (κ1) is 15.5. The molecule has 0 spiro atoms. The molecule has 0 atom stereocenters. The molecule has 2 rings (SSSR count). The molecule has 1 saturated heterocycles. The van der Waals surface area contributed by atoms with Crippen LogP contribution >= 0.6 is 0 Å². The van der Waals surface area contributed by atoms with Gasteiger partial charge in [0.1, 0.15) is 11.4 Å². The number of nitrogens with one attached hydrogen (secondary N) is 1. The van der Waals surface area contributed by atoms with E-state index in [1.165, 1.54) is 0 Å². The first-order valence-corrected chi connectivity index (χ1v) is 7.37. The fourth-order valence-corrected chi connectivity index (χ4v) is 2.36. The topological polar surface area (TPSA) is 61.8 Å².